The molecule has 0 unspecified atom stereocenters. The Morgan fingerprint density at radius 3 is 2.55 bits per heavy atom. The second-order valence-corrected chi connectivity index (χ2v) is 11.0. The van der Waals surface area contributed by atoms with E-state index in [0.29, 0.717) is 24.0 Å². The molecule has 8 atom stereocenters. The molecule has 0 bridgehead atoms. The molecule has 3 fully saturated rings. The molecule has 0 N–H and O–H groups in total. The smallest absolute Gasteiger partial charge is 0.302 e. The van der Waals surface area contributed by atoms with E-state index in [9.17, 15) is 9.59 Å². The molecule has 162 valence electrons. The number of Topliss-reactive ketones (excluding diaryl/α,β-unsaturated/α-hetero) is 1. The van der Waals surface area contributed by atoms with Gasteiger partial charge in [0.05, 0.1) is 0 Å². The zero-order valence-electron chi connectivity index (χ0n) is 19.1. The third-order valence-corrected chi connectivity index (χ3v) is 9.79. The fraction of sp³-hybridized carbons (Fsp3) is 0.846. The second-order valence-electron chi connectivity index (χ2n) is 11.0. The van der Waals surface area contributed by atoms with Gasteiger partial charge in [0.2, 0.25) is 0 Å². The highest BCUT2D eigenvalue weighted by Gasteiger charge is 2.61. The van der Waals surface area contributed by atoms with Crippen molar-refractivity contribution in [2.24, 2.45) is 40.4 Å². The number of allylic oxidation sites excluding steroid dienone is 1. The zero-order chi connectivity index (χ0) is 21.0. The van der Waals surface area contributed by atoms with Crippen LogP contribution in [0.5, 0.6) is 0 Å². The first-order valence-corrected chi connectivity index (χ1v) is 12.1. The van der Waals surface area contributed by atoms with E-state index >= 15 is 0 Å². The predicted molar refractivity (Wildman–Crippen MR) is 115 cm³/mol. The molecule has 0 aromatic carbocycles. The molecule has 0 aromatic rings. The lowest BCUT2D eigenvalue weighted by molar-refractivity contribution is -0.149. The standard InChI is InChI=1S/C26H40O3/c1-6-17-14-22-20-9-8-18-15-19(29-16(3)27)10-12-25(18,4)21(20)11-13-26(22,5)24(17)23(28)7-2/h8,17,19-22,24H,6-7,9-15H2,1-5H3/t17-,19-,20+,21-,22-,24-,25+,26+/m1/s1. The Balaban J connectivity index is 1.61. The lowest BCUT2D eigenvalue weighted by Gasteiger charge is -2.58. The number of fused-ring (bicyclic) bond motifs is 5. The van der Waals surface area contributed by atoms with E-state index in [-0.39, 0.29) is 28.8 Å². The molecule has 4 aliphatic carbocycles. The van der Waals surface area contributed by atoms with E-state index in [1.807, 2.05) is 0 Å². The third kappa shape index (κ3) is 3.22. The number of esters is 1. The van der Waals surface area contributed by atoms with Crippen LogP contribution in [0, 0.1) is 40.4 Å². The minimum absolute atomic E-state index is 0.0692. The summed E-state index contributed by atoms with van der Waals surface area (Å²) in [5, 5.41) is 0. The minimum atomic E-state index is -0.149. The van der Waals surface area contributed by atoms with E-state index in [1.165, 1.54) is 26.2 Å². The summed E-state index contributed by atoms with van der Waals surface area (Å²) in [5.74, 6) is 3.36. The third-order valence-electron chi connectivity index (χ3n) is 9.79. The molecular formula is C26H40O3. The maximum absolute atomic E-state index is 13.0. The lowest BCUT2D eigenvalue weighted by atomic mass is 9.47. The predicted octanol–water partition coefficient (Wildman–Crippen LogP) is 6.11. The van der Waals surface area contributed by atoms with Gasteiger partial charge in [0.1, 0.15) is 11.9 Å². The highest BCUT2D eigenvalue weighted by molar-refractivity contribution is 5.82. The van der Waals surface area contributed by atoms with Crippen molar-refractivity contribution in [2.45, 2.75) is 98.5 Å². The van der Waals surface area contributed by atoms with Gasteiger partial charge in [-0.2, -0.15) is 0 Å². The van der Waals surface area contributed by atoms with Crippen LogP contribution in [0.4, 0.5) is 0 Å². The van der Waals surface area contributed by atoms with E-state index in [0.717, 1.165) is 43.9 Å². The fourth-order valence-corrected chi connectivity index (χ4v) is 8.39. The van der Waals surface area contributed by atoms with Gasteiger partial charge in [0, 0.05) is 25.7 Å². The molecule has 3 heteroatoms. The van der Waals surface area contributed by atoms with Crippen molar-refractivity contribution in [1.29, 1.82) is 0 Å². The molecular weight excluding hydrogens is 360 g/mol. The first-order valence-electron chi connectivity index (χ1n) is 12.1. The second kappa shape index (κ2) is 7.54. The summed E-state index contributed by atoms with van der Waals surface area (Å²) < 4.78 is 5.57. The molecule has 0 saturated heterocycles. The van der Waals surface area contributed by atoms with Crippen LogP contribution in [0.2, 0.25) is 0 Å². The molecule has 4 aliphatic rings. The molecule has 0 spiro atoms. The number of rotatable bonds is 4. The molecule has 0 amide bonds. The molecule has 29 heavy (non-hydrogen) atoms. The maximum atomic E-state index is 13.0. The number of ketones is 1. The van der Waals surface area contributed by atoms with Crippen molar-refractivity contribution in [3.8, 4) is 0 Å². The van der Waals surface area contributed by atoms with Crippen molar-refractivity contribution in [3.63, 3.8) is 0 Å². The van der Waals surface area contributed by atoms with Crippen molar-refractivity contribution >= 4 is 11.8 Å². The monoisotopic (exact) mass is 400 g/mol. The SMILES string of the molecule is CCC(=O)[C@H]1[C@H](CC)C[C@@H]2[C@H]3CC=C4C[C@H](OC(C)=O)CC[C@]4(C)[C@@H]3CC[C@@]21C. The van der Waals surface area contributed by atoms with Crippen molar-refractivity contribution in [1.82, 2.24) is 0 Å². The zero-order valence-corrected chi connectivity index (χ0v) is 19.1. The Kier molecular flexibility index (Phi) is 5.49. The number of ether oxygens (including phenoxy) is 1. The van der Waals surface area contributed by atoms with Crippen LogP contribution in [0.1, 0.15) is 92.4 Å². The summed E-state index contributed by atoms with van der Waals surface area (Å²) in [6.07, 6.45) is 12.3. The molecule has 0 aromatic heterocycles. The number of carbonyl (C=O) groups is 2. The van der Waals surface area contributed by atoms with E-state index in [2.05, 4.69) is 33.8 Å². The van der Waals surface area contributed by atoms with Crippen LogP contribution >= 0.6 is 0 Å². The van der Waals surface area contributed by atoms with E-state index < -0.39 is 0 Å². The van der Waals surface area contributed by atoms with Gasteiger partial charge in [-0.3, -0.25) is 9.59 Å². The minimum Gasteiger partial charge on any atom is -0.462 e. The number of hydrogen-bond donors (Lipinski definition) is 0. The van der Waals surface area contributed by atoms with E-state index in [4.69, 9.17) is 4.74 Å². The van der Waals surface area contributed by atoms with Crippen LogP contribution < -0.4 is 0 Å². The summed E-state index contributed by atoms with van der Waals surface area (Å²) >= 11 is 0. The molecule has 0 aliphatic heterocycles. The van der Waals surface area contributed by atoms with Crippen molar-refractivity contribution in [2.75, 3.05) is 0 Å². The normalized spacial score (nSPS) is 46.2. The van der Waals surface area contributed by atoms with Gasteiger partial charge in [0.25, 0.3) is 0 Å². The summed E-state index contributed by atoms with van der Waals surface area (Å²) in [6, 6.07) is 0. The maximum Gasteiger partial charge on any atom is 0.302 e. The van der Waals surface area contributed by atoms with Crippen LogP contribution in [0.15, 0.2) is 11.6 Å². The highest BCUT2D eigenvalue weighted by Crippen LogP contribution is 2.67. The number of hydrogen-bond acceptors (Lipinski definition) is 3. The summed E-state index contributed by atoms with van der Waals surface area (Å²) in [6.45, 7) is 10.8. The molecule has 4 rings (SSSR count). The van der Waals surface area contributed by atoms with Crippen LogP contribution in [-0.4, -0.2) is 17.9 Å². The number of carbonyl (C=O) groups excluding carboxylic acids is 2. The van der Waals surface area contributed by atoms with Gasteiger partial charge in [-0.1, -0.05) is 45.8 Å². The quantitative estimate of drug-likeness (QED) is 0.422. The van der Waals surface area contributed by atoms with Crippen LogP contribution in [0.3, 0.4) is 0 Å². The first kappa shape index (κ1) is 21.1. The largest absolute Gasteiger partial charge is 0.462 e. The fourth-order valence-electron chi connectivity index (χ4n) is 8.39. The van der Waals surface area contributed by atoms with E-state index in [1.54, 1.807) is 5.57 Å². The van der Waals surface area contributed by atoms with Crippen LogP contribution in [0.25, 0.3) is 0 Å². The molecule has 3 nitrogen and oxygen atoms in total. The lowest BCUT2D eigenvalue weighted by Crippen LogP contribution is -2.51. The topological polar surface area (TPSA) is 43.4 Å². The Labute approximate surface area is 177 Å². The summed E-state index contributed by atoms with van der Waals surface area (Å²) in [7, 11) is 0. The Morgan fingerprint density at radius 1 is 1.14 bits per heavy atom. The van der Waals surface area contributed by atoms with Gasteiger partial charge < -0.3 is 4.74 Å². The van der Waals surface area contributed by atoms with Gasteiger partial charge in [0.15, 0.2) is 0 Å². The summed E-state index contributed by atoms with van der Waals surface area (Å²) in [5.41, 5.74) is 2.01. The van der Waals surface area contributed by atoms with Crippen molar-refractivity contribution in [3.05, 3.63) is 11.6 Å². The summed E-state index contributed by atoms with van der Waals surface area (Å²) in [4.78, 5) is 24.4. The average Bonchev–Trinajstić information content (AvgIpc) is 2.99. The Hall–Kier alpha value is -1.12. The average molecular weight is 401 g/mol. The van der Waals surface area contributed by atoms with Gasteiger partial charge >= 0.3 is 5.97 Å². The highest BCUT2D eigenvalue weighted by atomic mass is 16.5. The van der Waals surface area contributed by atoms with Gasteiger partial charge in [-0.05, 0) is 73.0 Å². The Morgan fingerprint density at radius 2 is 1.90 bits per heavy atom. The molecule has 0 heterocycles. The Bertz CT molecular complexity index is 709. The first-order chi connectivity index (χ1) is 13.7. The molecule has 3 saturated carbocycles. The molecule has 0 radical (unpaired) electrons. The van der Waals surface area contributed by atoms with Crippen LogP contribution in [-0.2, 0) is 14.3 Å². The van der Waals surface area contributed by atoms with Crippen molar-refractivity contribution < 1.29 is 14.3 Å². The van der Waals surface area contributed by atoms with Gasteiger partial charge in [-0.25, -0.2) is 0 Å². The van der Waals surface area contributed by atoms with Gasteiger partial charge in [-0.15, -0.1) is 0 Å².